The number of nitrogens with zero attached hydrogens (tertiary/aromatic N) is 2. The summed E-state index contributed by atoms with van der Waals surface area (Å²) in [6.45, 7) is 9.02. The molecule has 0 spiro atoms. The molecule has 0 aliphatic rings. The summed E-state index contributed by atoms with van der Waals surface area (Å²) in [4.78, 5) is 23.9. The lowest BCUT2D eigenvalue weighted by Crippen LogP contribution is -2.42. The molecule has 2 aromatic rings. The number of carbonyl (C=O) groups excluding carboxylic acids is 2. The maximum Gasteiger partial charge on any atom is 0.239 e. The molecule has 0 radical (unpaired) electrons. The predicted molar refractivity (Wildman–Crippen MR) is 97.3 cm³/mol. The molecule has 2 amide bonds. The minimum absolute atomic E-state index is 0.0778. The number of hydrogen-bond acceptors (Lipinski definition) is 3. The Morgan fingerprint density at radius 3 is 2.42 bits per heavy atom. The van der Waals surface area contributed by atoms with Crippen molar-refractivity contribution >= 4 is 11.8 Å². The summed E-state index contributed by atoms with van der Waals surface area (Å²) in [5.41, 5.74) is 1.90. The molecule has 1 unspecified atom stereocenters. The fraction of sp³-hybridized carbons (Fsp3) is 0.421. The molecule has 7 heteroatoms. The van der Waals surface area contributed by atoms with Crippen LogP contribution in [0.2, 0.25) is 0 Å². The molecule has 0 saturated carbocycles. The molecule has 1 aromatic carbocycles. The molecule has 1 aromatic heterocycles. The van der Waals surface area contributed by atoms with E-state index < -0.39 is 5.41 Å². The third-order valence-corrected chi connectivity index (χ3v) is 4.05. The van der Waals surface area contributed by atoms with E-state index in [2.05, 4.69) is 15.7 Å². The first kappa shape index (κ1) is 19.6. The predicted octanol–water partition coefficient (Wildman–Crippen LogP) is 2.66. The molecule has 26 heavy (non-hydrogen) atoms. The van der Waals surface area contributed by atoms with Crippen LogP contribution in [0.4, 0.5) is 4.39 Å². The Hall–Kier alpha value is -2.70. The summed E-state index contributed by atoms with van der Waals surface area (Å²) < 4.78 is 14.8. The van der Waals surface area contributed by atoms with Gasteiger partial charge in [0.2, 0.25) is 11.8 Å². The fourth-order valence-electron chi connectivity index (χ4n) is 2.49. The van der Waals surface area contributed by atoms with Crippen LogP contribution in [0, 0.1) is 18.2 Å². The van der Waals surface area contributed by atoms with Gasteiger partial charge in [0.15, 0.2) is 0 Å². The van der Waals surface area contributed by atoms with E-state index in [1.807, 2.05) is 13.8 Å². The highest BCUT2D eigenvalue weighted by Crippen LogP contribution is 2.20. The second kappa shape index (κ2) is 7.68. The number of benzene rings is 1. The van der Waals surface area contributed by atoms with E-state index in [-0.39, 0.29) is 30.2 Å². The van der Waals surface area contributed by atoms with Crippen LogP contribution in [-0.2, 0) is 9.59 Å². The van der Waals surface area contributed by atoms with Crippen molar-refractivity contribution in [2.75, 3.05) is 6.54 Å². The van der Waals surface area contributed by atoms with Crippen LogP contribution >= 0.6 is 0 Å². The fourth-order valence-corrected chi connectivity index (χ4v) is 2.49. The molecule has 0 aliphatic heterocycles. The summed E-state index contributed by atoms with van der Waals surface area (Å²) in [7, 11) is 0. The van der Waals surface area contributed by atoms with Gasteiger partial charge in [-0.1, -0.05) is 20.8 Å². The molecule has 140 valence electrons. The van der Waals surface area contributed by atoms with Crippen molar-refractivity contribution in [3.05, 3.63) is 47.5 Å². The summed E-state index contributed by atoms with van der Waals surface area (Å²) >= 11 is 0. The van der Waals surface area contributed by atoms with E-state index >= 15 is 0 Å². The number of hydrogen-bond donors (Lipinski definition) is 2. The van der Waals surface area contributed by atoms with Crippen molar-refractivity contribution < 1.29 is 14.0 Å². The molecule has 0 aliphatic carbocycles. The van der Waals surface area contributed by atoms with Crippen LogP contribution in [-0.4, -0.2) is 28.1 Å². The van der Waals surface area contributed by atoms with Crippen LogP contribution < -0.4 is 10.6 Å². The Balaban J connectivity index is 2.02. The van der Waals surface area contributed by atoms with Crippen LogP contribution in [0.25, 0.3) is 5.69 Å². The summed E-state index contributed by atoms with van der Waals surface area (Å²) in [6.07, 6.45) is 1.68. The quantitative estimate of drug-likeness (QED) is 0.861. The maximum atomic E-state index is 13.1. The third-order valence-electron chi connectivity index (χ3n) is 4.05. The van der Waals surface area contributed by atoms with Crippen LogP contribution in [0.3, 0.4) is 0 Å². The highest BCUT2D eigenvalue weighted by Gasteiger charge is 2.22. The minimum atomic E-state index is -0.543. The Morgan fingerprint density at radius 1 is 1.23 bits per heavy atom. The van der Waals surface area contributed by atoms with E-state index in [1.54, 1.807) is 43.8 Å². The third kappa shape index (κ3) is 4.68. The van der Waals surface area contributed by atoms with Crippen molar-refractivity contribution in [2.24, 2.45) is 5.41 Å². The zero-order chi connectivity index (χ0) is 19.5. The molecule has 2 N–H and O–H groups in total. The van der Waals surface area contributed by atoms with Crippen molar-refractivity contribution in [1.82, 2.24) is 20.4 Å². The van der Waals surface area contributed by atoms with Crippen molar-refractivity contribution in [3.63, 3.8) is 0 Å². The number of nitrogens with one attached hydrogen (secondary N) is 2. The first-order valence-electron chi connectivity index (χ1n) is 8.47. The van der Waals surface area contributed by atoms with Gasteiger partial charge in [-0.05, 0) is 38.1 Å². The van der Waals surface area contributed by atoms with Gasteiger partial charge >= 0.3 is 0 Å². The van der Waals surface area contributed by atoms with Gasteiger partial charge in [-0.3, -0.25) is 9.59 Å². The van der Waals surface area contributed by atoms with Gasteiger partial charge in [-0.15, -0.1) is 0 Å². The number of amides is 2. The second-order valence-corrected chi connectivity index (χ2v) is 7.30. The van der Waals surface area contributed by atoms with Crippen LogP contribution in [0.1, 0.15) is 45.0 Å². The van der Waals surface area contributed by atoms with Crippen molar-refractivity contribution in [1.29, 1.82) is 0 Å². The molecule has 0 saturated heterocycles. The van der Waals surface area contributed by atoms with Crippen LogP contribution in [0.15, 0.2) is 30.5 Å². The highest BCUT2D eigenvalue weighted by atomic mass is 19.1. The lowest BCUT2D eigenvalue weighted by atomic mass is 9.96. The monoisotopic (exact) mass is 360 g/mol. The molecule has 0 fully saturated rings. The molecule has 2 rings (SSSR count). The van der Waals surface area contributed by atoms with Gasteiger partial charge in [0.1, 0.15) is 5.82 Å². The molecular weight excluding hydrogens is 335 g/mol. The van der Waals surface area contributed by atoms with E-state index in [9.17, 15) is 14.0 Å². The molecule has 6 nitrogen and oxygen atoms in total. The Kier molecular flexibility index (Phi) is 5.79. The summed E-state index contributed by atoms with van der Waals surface area (Å²) in [6, 6.07) is 5.76. The Bertz CT molecular complexity index is 791. The van der Waals surface area contributed by atoms with E-state index in [4.69, 9.17) is 0 Å². The largest absolute Gasteiger partial charge is 0.348 e. The normalized spacial score (nSPS) is 12.5. The van der Waals surface area contributed by atoms with Crippen molar-refractivity contribution in [3.8, 4) is 5.69 Å². The van der Waals surface area contributed by atoms with E-state index in [1.165, 1.54) is 12.1 Å². The number of halogens is 1. The van der Waals surface area contributed by atoms with Crippen molar-refractivity contribution in [2.45, 2.75) is 40.7 Å². The first-order valence-corrected chi connectivity index (χ1v) is 8.47. The second-order valence-electron chi connectivity index (χ2n) is 7.30. The van der Waals surface area contributed by atoms with Gasteiger partial charge in [0, 0.05) is 16.7 Å². The number of rotatable bonds is 5. The van der Waals surface area contributed by atoms with Gasteiger partial charge in [-0.25, -0.2) is 9.07 Å². The zero-order valence-electron chi connectivity index (χ0n) is 15.8. The first-order chi connectivity index (χ1) is 12.1. The minimum Gasteiger partial charge on any atom is -0.348 e. The van der Waals surface area contributed by atoms with Gasteiger partial charge in [0.05, 0.1) is 24.5 Å². The average Bonchev–Trinajstić information content (AvgIpc) is 2.94. The smallest absolute Gasteiger partial charge is 0.239 e. The van der Waals surface area contributed by atoms with E-state index in [0.717, 1.165) is 16.9 Å². The lowest BCUT2D eigenvalue weighted by molar-refractivity contribution is -0.131. The Labute approximate surface area is 152 Å². The lowest BCUT2D eigenvalue weighted by Gasteiger charge is -2.18. The summed E-state index contributed by atoms with van der Waals surface area (Å²) in [5.74, 6) is -0.763. The molecule has 1 atom stereocenters. The van der Waals surface area contributed by atoms with Gasteiger partial charge in [0.25, 0.3) is 0 Å². The van der Waals surface area contributed by atoms with E-state index in [0.29, 0.717) is 0 Å². The topological polar surface area (TPSA) is 76.0 Å². The Morgan fingerprint density at radius 2 is 1.85 bits per heavy atom. The standard InChI is InChI=1S/C19H25FN4O2/c1-12(23-17(25)11-21-18(26)19(3,4)5)16-10-22-24(13(16)2)15-8-6-14(20)7-9-15/h6-10,12H,11H2,1-5H3,(H,21,26)(H,23,25). The molecule has 1 heterocycles. The molecular formula is C19H25FN4O2. The molecule has 0 bridgehead atoms. The summed E-state index contributed by atoms with van der Waals surface area (Å²) in [5, 5.41) is 9.80. The van der Waals surface area contributed by atoms with Gasteiger partial charge < -0.3 is 10.6 Å². The SMILES string of the molecule is Cc1c(C(C)NC(=O)CNC(=O)C(C)(C)C)cnn1-c1ccc(F)cc1. The number of carbonyl (C=O) groups is 2. The van der Waals surface area contributed by atoms with Crippen LogP contribution in [0.5, 0.6) is 0 Å². The average molecular weight is 360 g/mol. The zero-order valence-corrected chi connectivity index (χ0v) is 15.8. The number of aromatic nitrogens is 2. The highest BCUT2D eigenvalue weighted by molar-refractivity contribution is 5.87. The maximum absolute atomic E-state index is 13.1. The van der Waals surface area contributed by atoms with Gasteiger partial charge in [-0.2, -0.15) is 5.10 Å².